The van der Waals surface area contributed by atoms with Crippen molar-refractivity contribution in [1.82, 2.24) is 0 Å². The van der Waals surface area contributed by atoms with Gasteiger partial charge < -0.3 is 19.0 Å². The molecule has 37 heavy (non-hydrogen) atoms. The van der Waals surface area contributed by atoms with E-state index in [1.54, 1.807) is 24.3 Å². The number of hydrogen-bond acceptors (Lipinski definition) is 7. The molecule has 8 heteroatoms. The highest BCUT2D eigenvalue weighted by molar-refractivity contribution is 9.09. The van der Waals surface area contributed by atoms with Crippen molar-refractivity contribution in [1.29, 1.82) is 0 Å². The Labute approximate surface area is 225 Å². The van der Waals surface area contributed by atoms with Crippen LogP contribution in [0.25, 0.3) is 0 Å². The molecule has 3 aromatic carbocycles. The van der Waals surface area contributed by atoms with Crippen LogP contribution >= 0.6 is 15.9 Å². The van der Waals surface area contributed by atoms with Gasteiger partial charge in [0.15, 0.2) is 0 Å². The van der Waals surface area contributed by atoms with Crippen LogP contribution in [0.5, 0.6) is 0 Å². The van der Waals surface area contributed by atoms with Gasteiger partial charge in [-0.15, -0.1) is 0 Å². The molecule has 0 aliphatic carbocycles. The molecule has 3 atom stereocenters. The summed E-state index contributed by atoms with van der Waals surface area (Å²) in [6.07, 6.45) is -0.286. The first-order chi connectivity index (χ1) is 17.9. The first-order valence-electron chi connectivity index (χ1n) is 11.7. The highest BCUT2D eigenvalue weighted by Gasteiger charge is 2.33. The fourth-order valence-corrected chi connectivity index (χ4v) is 3.90. The zero-order valence-electron chi connectivity index (χ0n) is 21.0. The van der Waals surface area contributed by atoms with Gasteiger partial charge in [0, 0.05) is 0 Å². The monoisotopic (exact) mass is 567 g/mol. The summed E-state index contributed by atoms with van der Waals surface area (Å²) >= 11 is 3.55. The molecule has 0 aliphatic rings. The zero-order valence-corrected chi connectivity index (χ0v) is 22.6. The van der Waals surface area contributed by atoms with Gasteiger partial charge in [0.05, 0.1) is 28.8 Å². The van der Waals surface area contributed by atoms with E-state index in [9.17, 15) is 9.59 Å². The maximum atomic E-state index is 13.0. The van der Waals surface area contributed by atoms with Crippen molar-refractivity contribution >= 4 is 34.1 Å². The Kier molecular flexibility index (Phi) is 10.9. The van der Waals surface area contributed by atoms with Gasteiger partial charge in [-0.1, -0.05) is 86.8 Å². The van der Waals surface area contributed by atoms with Crippen LogP contribution in [0.3, 0.4) is 0 Å². The molecule has 0 radical (unpaired) electrons. The fraction of sp³-hybridized carbons (Fsp3) is 0.276. The summed E-state index contributed by atoms with van der Waals surface area (Å²) in [5.41, 5.74) is 3.80. The molecule has 0 aliphatic heterocycles. The third-order valence-corrected chi connectivity index (χ3v) is 6.26. The third kappa shape index (κ3) is 8.84. The fourth-order valence-electron chi connectivity index (χ4n) is 3.36. The number of alkyl halides is 1. The number of halogens is 1. The van der Waals surface area contributed by atoms with Crippen molar-refractivity contribution < 1.29 is 28.6 Å². The number of hydrogen-bond donors (Lipinski definition) is 0. The number of esters is 2. The number of benzene rings is 3. The summed E-state index contributed by atoms with van der Waals surface area (Å²) in [6.45, 7) is 4.03. The van der Waals surface area contributed by atoms with E-state index in [0.717, 1.165) is 16.7 Å². The van der Waals surface area contributed by atoms with Crippen LogP contribution in [-0.2, 0) is 25.7 Å². The molecular formula is C29H30BrNO6. The Morgan fingerprint density at radius 2 is 1.43 bits per heavy atom. The zero-order chi connectivity index (χ0) is 26.6. The standard InChI is InChI=1S/C29H30BrNO6/c1-20-9-13-23(14-10-20)28(32)36-19-25(30)27(37-29(33)24-15-11-21(2)12-16-24)26(17-31-34-3)35-18-22-7-5-4-6-8-22/h4-17,25-27H,18-19H2,1-3H3/b31-17+/t25-,26-,27-/m0/s1. The first kappa shape index (κ1) is 28.1. The predicted octanol–water partition coefficient (Wildman–Crippen LogP) is 5.67. The normalized spacial score (nSPS) is 13.5. The summed E-state index contributed by atoms with van der Waals surface area (Å²) in [5, 5.41) is 3.86. The highest BCUT2D eigenvalue weighted by atomic mass is 79.9. The second-order valence-corrected chi connectivity index (χ2v) is 9.59. The van der Waals surface area contributed by atoms with Crippen LogP contribution in [0.2, 0.25) is 0 Å². The highest BCUT2D eigenvalue weighted by Crippen LogP contribution is 2.20. The second kappa shape index (κ2) is 14.3. The largest absolute Gasteiger partial charge is 0.461 e. The Balaban J connectivity index is 1.79. The predicted molar refractivity (Wildman–Crippen MR) is 145 cm³/mol. The van der Waals surface area contributed by atoms with Gasteiger partial charge in [-0.3, -0.25) is 0 Å². The lowest BCUT2D eigenvalue weighted by Gasteiger charge is -2.28. The van der Waals surface area contributed by atoms with Crippen molar-refractivity contribution in [3.63, 3.8) is 0 Å². The summed E-state index contributed by atoms with van der Waals surface area (Å²) in [4.78, 5) is 29.9. The van der Waals surface area contributed by atoms with Crippen molar-refractivity contribution in [3.8, 4) is 0 Å². The van der Waals surface area contributed by atoms with E-state index in [0.29, 0.717) is 11.1 Å². The summed E-state index contributed by atoms with van der Waals surface area (Å²) in [5.74, 6) is -1.03. The minimum absolute atomic E-state index is 0.0788. The first-order valence-corrected chi connectivity index (χ1v) is 12.7. The Bertz CT molecular complexity index is 1170. The molecule has 0 saturated carbocycles. The van der Waals surface area contributed by atoms with E-state index in [2.05, 4.69) is 21.1 Å². The van der Waals surface area contributed by atoms with Gasteiger partial charge in [-0.25, -0.2) is 9.59 Å². The molecule has 0 aromatic heterocycles. The van der Waals surface area contributed by atoms with E-state index in [1.165, 1.54) is 13.3 Å². The van der Waals surface area contributed by atoms with Crippen molar-refractivity contribution in [3.05, 3.63) is 107 Å². The molecule has 0 fully saturated rings. The molecule has 0 bridgehead atoms. The lowest BCUT2D eigenvalue weighted by Crippen LogP contribution is -2.43. The minimum atomic E-state index is -0.901. The lowest BCUT2D eigenvalue weighted by atomic mass is 10.1. The number of rotatable bonds is 12. The molecule has 194 valence electrons. The SMILES string of the molecule is CO/N=C/[C@H](OCc1ccccc1)[C@@H](OC(=O)c1ccc(C)cc1)[C@@H](Br)COC(=O)c1ccc(C)cc1. The Hall–Kier alpha value is -3.49. The van der Waals surface area contributed by atoms with Crippen molar-refractivity contribution in [2.24, 2.45) is 5.16 Å². The molecule has 0 N–H and O–H groups in total. The van der Waals surface area contributed by atoms with Gasteiger partial charge in [-0.05, 0) is 43.7 Å². The number of nitrogens with zero attached hydrogens (tertiary/aromatic N) is 1. The molecule has 3 aromatic rings. The molecule has 0 saturated heterocycles. The number of aryl methyl sites for hydroxylation is 2. The molecular weight excluding hydrogens is 538 g/mol. The maximum Gasteiger partial charge on any atom is 0.338 e. The Morgan fingerprint density at radius 1 is 0.865 bits per heavy atom. The number of ether oxygens (including phenoxy) is 3. The molecule has 3 rings (SSSR count). The summed E-state index contributed by atoms with van der Waals surface area (Å²) in [6, 6.07) is 23.7. The smallest absolute Gasteiger partial charge is 0.338 e. The van der Waals surface area contributed by atoms with E-state index in [4.69, 9.17) is 19.0 Å². The van der Waals surface area contributed by atoms with Crippen LogP contribution in [0.15, 0.2) is 84.0 Å². The van der Waals surface area contributed by atoms with Gasteiger partial charge >= 0.3 is 11.9 Å². The Morgan fingerprint density at radius 3 is 2.00 bits per heavy atom. The average molecular weight is 568 g/mol. The third-order valence-electron chi connectivity index (χ3n) is 5.47. The van der Waals surface area contributed by atoms with Crippen molar-refractivity contribution in [2.75, 3.05) is 13.7 Å². The van der Waals surface area contributed by atoms with Crippen LogP contribution in [0.4, 0.5) is 0 Å². The number of oxime groups is 1. The van der Waals surface area contributed by atoms with Gasteiger partial charge in [-0.2, -0.15) is 0 Å². The topological polar surface area (TPSA) is 83.4 Å². The number of carbonyl (C=O) groups is 2. The van der Waals surface area contributed by atoms with Gasteiger partial charge in [0.2, 0.25) is 0 Å². The van der Waals surface area contributed by atoms with Gasteiger partial charge in [0.1, 0.15) is 25.9 Å². The van der Waals surface area contributed by atoms with E-state index in [1.807, 2.05) is 68.4 Å². The quantitative estimate of drug-likeness (QED) is 0.121. The number of carbonyl (C=O) groups excluding carboxylic acids is 2. The summed E-state index contributed by atoms with van der Waals surface area (Å²) < 4.78 is 17.5. The average Bonchev–Trinajstić information content (AvgIpc) is 2.92. The maximum absolute atomic E-state index is 13.0. The molecule has 7 nitrogen and oxygen atoms in total. The van der Waals surface area contributed by atoms with Gasteiger partial charge in [0.25, 0.3) is 0 Å². The second-order valence-electron chi connectivity index (χ2n) is 8.41. The molecule has 0 spiro atoms. The van der Waals surface area contributed by atoms with Crippen LogP contribution in [0.1, 0.15) is 37.4 Å². The minimum Gasteiger partial charge on any atom is -0.461 e. The molecule has 0 heterocycles. The summed E-state index contributed by atoms with van der Waals surface area (Å²) in [7, 11) is 1.41. The van der Waals surface area contributed by atoms with Crippen LogP contribution < -0.4 is 0 Å². The molecule has 0 amide bonds. The lowest BCUT2D eigenvalue weighted by molar-refractivity contribution is -0.0353. The van der Waals surface area contributed by atoms with E-state index >= 15 is 0 Å². The van der Waals surface area contributed by atoms with Crippen LogP contribution in [-0.4, -0.2) is 48.9 Å². The van der Waals surface area contributed by atoms with E-state index < -0.39 is 29.0 Å². The molecule has 0 unspecified atom stereocenters. The van der Waals surface area contributed by atoms with Crippen molar-refractivity contribution in [2.45, 2.75) is 37.5 Å². The van der Waals surface area contributed by atoms with E-state index in [-0.39, 0.29) is 13.2 Å². The van der Waals surface area contributed by atoms with Crippen LogP contribution in [0, 0.1) is 13.8 Å².